The summed E-state index contributed by atoms with van der Waals surface area (Å²) in [5.41, 5.74) is 20.2. The van der Waals surface area contributed by atoms with E-state index in [4.69, 9.17) is 0 Å². The highest BCUT2D eigenvalue weighted by atomic mass is 15.2. The van der Waals surface area contributed by atoms with Crippen molar-refractivity contribution in [2.75, 3.05) is 9.80 Å². The molecule has 2 nitrogen and oxygen atoms in total. The van der Waals surface area contributed by atoms with Crippen LogP contribution in [0.2, 0.25) is 0 Å². The molecule has 0 fully saturated rings. The summed E-state index contributed by atoms with van der Waals surface area (Å²) in [6, 6.07) is 59.0. The summed E-state index contributed by atoms with van der Waals surface area (Å²) in [5, 5.41) is 0. The standard InChI is InChI=1S/C51H44N2/c1-49(2)41-20-12-10-18-37(41)39-27-24-34(30-44(39)49)52(35-25-28-40-38-19-11-13-21-42(38)50(3,4)45(40)31-35)36-26-29-48-46(32-36)51(5,6)43-22-14-15-23-47(43)53(48)33-16-8-7-9-17-33/h7-32H,1-6H3. The number of nitrogens with zero attached hydrogens (tertiary/aromatic N) is 2. The molecule has 2 heteroatoms. The Hall–Kier alpha value is -5.86. The molecule has 10 rings (SSSR count). The number of para-hydroxylation sites is 2. The topological polar surface area (TPSA) is 6.48 Å². The average molecular weight is 685 g/mol. The third-order valence-electron chi connectivity index (χ3n) is 12.6. The van der Waals surface area contributed by atoms with Crippen LogP contribution >= 0.6 is 0 Å². The summed E-state index contributed by atoms with van der Waals surface area (Å²) in [6.07, 6.45) is 0. The van der Waals surface area contributed by atoms with Gasteiger partial charge >= 0.3 is 0 Å². The van der Waals surface area contributed by atoms with Crippen LogP contribution in [0.5, 0.6) is 0 Å². The zero-order valence-electron chi connectivity index (χ0n) is 31.4. The molecule has 258 valence electrons. The van der Waals surface area contributed by atoms with Crippen LogP contribution < -0.4 is 9.80 Å². The van der Waals surface area contributed by atoms with Crippen molar-refractivity contribution >= 4 is 34.1 Å². The van der Waals surface area contributed by atoms with E-state index < -0.39 is 0 Å². The van der Waals surface area contributed by atoms with Crippen LogP contribution in [0.25, 0.3) is 22.3 Å². The lowest BCUT2D eigenvalue weighted by Crippen LogP contribution is -2.31. The Morgan fingerprint density at radius 2 is 0.736 bits per heavy atom. The molecule has 0 saturated carbocycles. The summed E-state index contributed by atoms with van der Waals surface area (Å²) in [6.45, 7) is 14.3. The molecule has 53 heavy (non-hydrogen) atoms. The maximum Gasteiger partial charge on any atom is 0.0504 e. The maximum absolute atomic E-state index is 2.50. The van der Waals surface area contributed by atoms with Gasteiger partial charge in [0, 0.05) is 39.0 Å². The van der Waals surface area contributed by atoms with Gasteiger partial charge in [-0.15, -0.1) is 0 Å². The van der Waals surface area contributed by atoms with Crippen molar-refractivity contribution in [3.05, 3.63) is 191 Å². The molecule has 0 atom stereocenters. The summed E-state index contributed by atoms with van der Waals surface area (Å²) in [7, 11) is 0. The van der Waals surface area contributed by atoms with Crippen LogP contribution in [0.4, 0.5) is 34.1 Å². The third kappa shape index (κ3) is 4.45. The lowest BCUT2D eigenvalue weighted by atomic mass is 9.73. The van der Waals surface area contributed by atoms with Gasteiger partial charge in [0.05, 0.1) is 11.4 Å². The second-order valence-corrected chi connectivity index (χ2v) is 16.7. The van der Waals surface area contributed by atoms with Gasteiger partial charge in [0.25, 0.3) is 0 Å². The smallest absolute Gasteiger partial charge is 0.0504 e. The van der Waals surface area contributed by atoms with Crippen LogP contribution in [-0.2, 0) is 16.2 Å². The summed E-state index contributed by atoms with van der Waals surface area (Å²) < 4.78 is 0. The van der Waals surface area contributed by atoms with Gasteiger partial charge in [-0.25, -0.2) is 0 Å². The predicted molar refractivity (Wildman–Crippen MR) is 223 cm³/mol. The first-order valence-electron chi connectivity index (χ1n) is 18.9. The zero-order valence-corrected chi connectivity index (χ0v) is 31.4. The largest absolute Gasteiger partial charge is 0.310 e. The van der Waals surface area contributed by atoms with Crippen molar-refractivity contribution < 1.29 is 0 Å². The Bertz CT molecular complexity index is 2500. The van der Waals surface area contributed by atoms with Gasteiger partial charge in [-0.1, -0.05) is 139 Å². The molecule has 3 aliphatic rings. The number of anilines is 6. The fourth-order valence-electron chi connectivity index (χ4n) is 9.80. The van der Waals surface area contributed by atoms with Crippen molar-refractivity contribution in [1.29, 1.82) is 0 Å². The molecule has 0 unspecified atom stereocenters. The van der Waals surface area contributed by atoms with Crippen LogP contribution in [0, 0.1) is 0 Å². The van der Waals surface area contributed by atoms with Crippen molar-refractivity contribution in [2.45, 2.75) is 57.8 Å². The highest BCUT2D eigenvalue weighted by Crippen LogP contribution is 2.56. The molecule has 0 aromatic heterocycles. The second kappa shape index (κ2) is 11.1. The normalized spacial score (nSPS) is 16.2. The predicted octanol–water partition coefficient (Wildman–Crippen LogP) is 13.9. The van der Waals surface area contributed by atoms with E-state index in [1.165, 1.54) is 84.1 Å². The number of hydrogen-bond donors (Lipinski definition) is 0. The van der Waals surface area contributed by atoms with Gasteiger partial charge in [0.2, 0.25) is 0 Å². The van der Waals surface area contributed by atoms with Gasteiger partial charge in [0.1, 0.15) is 0 Å². The van der Waals surface area contributed by atoms with Gasteiger partial charge in [0.15, 0.2) is 0 Å². The minimum atomic E-state index is -0.220. The molecular formula is C51H44N2. The molecule has 2 aliphatic carbocycles. The first-order chi connectivity index (χ1) is 25.6. The highest BCUT2D eigenvalue weighted by molar-refractivity contribution is 5.91. The Balaban J connectivity index is 1.20. The van der Waals surface area contributed by atoms with E-state index in [2.05, 4.69) is 209 Å². The van der Waals surface area contributed by atoms with E-state index in [1.54, 1.807) is 0 Å². The van der Waals surface area contributed by atoms with Crippen LogP contribution in [0.15, 0.2) is 158 Å². The molecular weight excluding hydrogens is 641 g/mol. The second-order valence-electron chi connectivity index (χ2n) is 16.7. The van der Waals surface area contributed by atoms with E-state index in [0.29, 0.717) is 0 Å². The van der Waals surface area contributed by atoms with Crippen LogP contribution in [-0.4, -0.2) is 0 Å². The molecule has 7 aromatic carbocycles. The summed E-state index contributed by atoms with van der Waals surface area (Å²) in [5.74, 6) is 0. The zero-order chi connectivity index (χ0) is 36.3. The van der Waals surface area contributed by atoms with E-state index in [0.717, 1.165) is 5.69 Å². The van der Waals surface area contributed by atoms with Gasteiger partial charge in [-0.05, 0) is 116 Å². The molecule has 0 N–H and O–H groups in total. The van der Waals surface area contributed by atoms with Crippen molar-refractivity contribution in [3.63, 3.8) is 0 Å². The molecule has 1 aliphatic heterocycles. The Kier molecular flexibility index (Phi) is 6.65. The average Bonchev–Trinajstić information content (AvgIpc) is 3.55. The first kappa shape index (κ1) is 31.8. The highest BCUT2D eigenvalue weighted by Gasteiger charge is 2.40. The van der Waals surface area contributed by atoms with Crippen LogP contribution in [0.1, 0.15) is 74.9 Å². The molecule has 0 saturated heterocycles. The Morgan fingerprint density at radius 3 is 1.30 bits per heavy atom. The minimum Gasteiger partial charge on any atom is -0.310 e. The number of benzene rings is 7. The van der Waals surface area contributed by atoms with Crippen molar-refractivity contribution in [3.8, 4) is 22.3 Å². The van der Waals surface area contributed by atoms with E-state index in [1.807, 2.05) is 0 Å². The third-order valence-corrected chi connectivity index (χ3v) is 12.6. The van der Waals surface area contributed by atoms with E-state index in [-0.39, 0.29) is 16.2 Å². The lowest BCUT2D eigenvalue weighted by Gasteiger charge is -2.42. The van der Waals surface area contributed by atoms with E-state index >= 15 is 0 Å². The quantitative estimate of drug-likeness (QED) is 0.182. The molecule has 0 amide bonds. The molecule has 0 spiro atoms. The van der Waals surface area contributed by atoms with Gasteiger partial charge < -0.3 is 9.80 Å². The molecule has 7 aromatic rings. The maximum atomic E-state index is 2.50. The first-order valence-corrected chi connectivity index (χ1v) is 18.9. The summed E-state index contributed by atoms with van der Waals surface area (Å²) in [4.78, 5) is 4.94. The Labute approximate surface area is 314 Å². The number of rotatable bonds is 4. The van der Waals surface area contributed by atoms with Gasteiger partial charge in [-0.2, -0.15) is 0 Å². The van der Waals surface area contributed by atoms with E-state index in [9.17, 15) is 0 Å². The van der Waals surface area contributed by atoms with Crippen molar-refractivity contribution in [2.24, 2.45) is 0 Å². The van der Waals surface area contributed by atoms with Crippen LogP contribution in [0.3, 0.4) is 0 Å². The van der Waals surface area contributed by atoms with Gasteiger partial charge in [-0.3, -0.25) is 0 Å². The Morgan fingerprint density at radius 1 is 0.340 bits per heavy atom. The molecule has 0 bridgehead atoms. The molecule has 0 radical (unpaired) electrons. The van der Waals surface area contributed by atoms with Crippen molar-refractivity contribution in [1.82, 2.24) is 0 Å². The minimum absolute atomic E-state index is 0.104. The SMILES string of the molecule is CC1(C)c2ccccc2-c2ccc(N(c3ccc4c(c3)C(C)(C)c3ccccc3-4)c3ccc4c(c3)C(C)(C)c3ccccc3N4c3ccccc3)cc21. The lowest BCUT2D eigenvalue weighted by molar-refractivity contribution is 0.632. The fourth-order valence-corrected chi connectivity index (χ4v) is 9.80. The fraction of sp³-hybridized carbons (Fsp3) is 0.176. The number of fused-ring (bicyclic) bond motifs is 8. The monoisotopic (exact) mass is 684 g/mol. The number of hydrogen-bond acceptors (Lipinski definition) is 2. The summed E-state index contributed by atoms with van der Waals surface area (Å²) >= 11 is 0. The molecule has 1 heterocycles.